The standard InChI is InChI=1S/C24H20ClN3O3S/c1-30-21-13-20(22(31-2)12-18(21)25)27-15-16(14-26)24(29)28-19-10-6-7-11-23(19)32-17-8-4-3-5-9-17/h3-13,15,27H,1-2H3,(H,28,29)/b16-15-. The number of benzene rings is 3. The lowest BCUT2D eigenvalue weighted by Crippen LogP contribution is -2.15. The molecule has 0 spiro atoms. The Hall–Kier alpha value is -3.60. The van der Waals surface area contributed by atoms with E-state index in [1.165, 1.54) is 32.2 Å². The van der Waals surface area contributed by atoms with Gasteiger partial charge in [-0.1, -0.05) is 53.7 Å². The Labute approximate surface area is 195 Å². The van der Waals surface area contributed by atoms with E-state index in [9.17, 15) is 10.1 Å². The molecule has 0 bridgehead atoms. The third-order valence-corrected chi connectivity index (χ3v) is 5.70. The SMILES string of the molecule is COc1cc(N/C=C(/C#N)C(=O)Nc2ccccc2Sc2ccccc2)c(OC)cc1Cl. The van der Waals surface area contributed by atoms with Crippen LogP contribution in [0.25, 0.3) is 0 Å². The minimum absolute atomic E-state index is 0.111. The molecule has 2 N–H and O–H groups in total. The maximum absolute atomic E-state index is 12.8. The van der Waals surface area contributed by atoms with E-state index in [1.54, 1.807) is 18.2 Å². The van der Waals surface area contributed by atoms with Crippen LogP contribution in [0.3, 0.4) is 0 Å². The number of para-hydroxylation sites is 1. The molecule has 0 saturated heterocycles. The minimum Gasteiger partial charge on any atom is -0.495 e. The number of halogens is 1. The Bertz CT molecular complexity index is 1180. The zero-order valence-electron chi connectivity index (χ0n) is 17.4. The molecule has 0 saturated carbocycles. The van der Waals surface area contributed by atoms with Gasteiger partial charge in [-0.05, 0) is 24.3 Å². The van der Waals surface area contributed by atoms with Crippen molar-refractivity contribution in [3.63, 3.8) is 0 Å². The zero-order valence-corrected chi connectivity index (χ0v) is 19.0. The summed E-state index contributed by atoms with van der Waals surface area (Å²) >= 11 is 7.64. The monoisotopic (exact) mass is 465 g/mol. The van der Waals surface area contributed by atoms with E-state index in [4.69, 9.17) is 21.1 Å². The number of nitriles is 1. The first kappa shape index (κ1) is 23.1. The average Bonchev–Trinajstić information content (AvgIpc) is 2.82. The van der Waals surface area contributed by atoms with Crippen LogP contribution in [0.5, 0.6) is 11.5 Å². The van der Waals surface area contributed by atoms with Crippen molar-refractivity contribution in [3.8, 4) is 17.6 Å². The van der Waals surface area contributed by atoms with E-state index in [1.807, 2.05) is 54.6 Å². The fourth-order valence-electron chi connectivity index (χ4n) is 2.74. The summed E-state index contributed by atoms with van der Waals surface area (Å²) in [5, 5.41) is 15.6. The molecule has 8 heteroatoms. The average molecular weight is 466 g/mol. The van der Waals surface area contributed by atoms with E-state index in [0.29, 0.717) is 27.9 Å². The highest BCUT2D eigenvalue weighted by atomic mass is 35.5. The number of anilines is 2. The number of hydrogen-bond acceptors (Lipinski definition) is 6. The highest BCUT2D eigenvalue weighted by Gasteiger charge is 2.14. The Kier molecular flexibility index (Phi) is 8.03. The molecule has 3 aromatic carbocycles. The number of ether oxygens (including phenoxy) is 2. The first-order valence-electron chi connectivity index (χ1n) is 9.47. The second-order valence-electron chi connectivity index (χ2n) is 6.37. The van der Waals surface area contributed by atoms with Crippen LogP contribution in [0.2, 0.25) is 5.02 Å². The quantitative estimate of drug-likeness (QED) is 0.315. The van der Waals surface area contributed by atoms with Gasteiger partial charge in [0, 0.05) is 28.1 Å². The summed E-state index contributed by atoms with van der Waals surface area (Å²) in [7, 11) is 2.98. The maximum atomic E-state index is 12.8. The lowest BCUT2D eigenvalue weighted by atomic mass is 10.2. The Morgan fingerprint density at radius 3 is 2.38 bits per heavy atom. The van der Waals surface area contributed by atoms with E-state index in [2.05, 4.69) is 10.6 Å². The van der Waals surface area contributed by atoms with Gasteiger partial charge in [0.1, 0.15) is 23.1 Å². The van der Waals surface area contributed by atoms with E-state index < -0.39 is 5.91 Å². The first-order valence-corrected chi connectivity index (χ1v) is 10.7. The second-order valence-corrected chi connectivity index (χ2v) is 7.89. The Balaban J connectivity index is 1.79. The molecule has 0 radical (unpaired) electrons. The van der Waals surface area contributed by atoms with Gasteiger partial charge in [-0.2, -0.15) is 5.26 Å². The molecule has 0 fully saturated rings. The smallest absolute Gasteiger partial charge is 0.267 e. The number of carbonyl (C=O) groups is 1. The summed E-state index contributed by atoms with van der Waals surface area (Å²) in [6, 6.07) is 22.4. The van der Waals surface area contributed by atoms with Gasteiger partial charge < -0.3 is 20.1 Å². The lowest BCUT2D eigenvalue weighted by molar-refractivity contribution is -0.112. The summed E-state index contributed by atoms with van der Waals surface area (Å²) in [6.45, 7) is 0. The predicted octanol–water partition coefficient (Wildman–Crippen LogP) is 5.97. The lowest BCUT2D eigenvalue weighted by Gasteiger charge is -2.13. The number of nitrogens with one attached hydrogen (secondary N) is 2. The molecule has 0 aromatic heterocycles. The van der Waals surface area contributed by atoms with Gasteiger partial charge in [0.2, 0.25) is 0 Å². The van der Waals surface area contributed by atoms with Crippen LogP contribution in [0.4, 0.5) is 11.4 Å². The molecule has 32 heavy (non-hydrogen) atoms. The topological polar surface area (TPSA) is 83.4 Å². The van der Waals surface area contributed by atoms with Gasteiger partial charge in [0.15, 0.2) is 0 Å². The molecule has 0 atom stereocenters. The van der Waals surface area contributed by atoms with Crippen LogP contribution < -0.4 is 20.1 Å². The van der Waals surface area contributed by atoms with Gasteiger partial charge in [-0.15, -0.1) is 0 Å². The van der Waals surface area contributed by atoms with Crippen molar-refractivity contribution < 1.29 is 14.3 Å². The second kappa shape index (κ2) is 11.1. The summed E-state index contributed by atoms with van der Waals surface area (Å²) in [5.41, 5.74) is 0.994. The normalized spacial score (nSPS) is 10.8. The van der Waals surface area contributed by atoms with Crippen LogP contribution in [-0.2, 0) is 4.79 Å². The van der Waals surface area contributed by atoms with Crippen molar-refractivity contribution in [2.24, 2.45) is 0 Å². The molecule has 0 heterocycles. The highest BCUT2D eigenvalue weighted by Crippen LogP contribution is 2.36. The van der Waals surface area contributed by atoms with Crippen LogP contribution in [-0.4, -0.2) is 20.1 Å². The van der Waals surface area contributed by atoms with Gasteiger partial charge in [-0.3, -0.25) is 4.79 Å². The van der Waals surface area contributed by atoms with Crippen molar-refractivity contribution in [2.45, 2.75) is 9.79 Å². The molecule has 0 aliphatic rings. The number of hydrogen-bond donors (Lipinski definition) is 2. The highest BCUT2D eigenvalue weighted by molar-refractivity contribution is 7.99. The third-order valence-electron chi connectivity index (χ3n) is 4.32. The van der Waals surface area contributed by atoms with Crippen LogP contribution in [0.1, 0.15) is 0 Å². The molecule has 3 aromatic rings. The van der Waals surface area contributed by atoms with Crippen molar-refractivity contribution in [1.29, 1.82) is 5.26 Å². The summed E-state index contributed by atoms with van der Waals surface area (Å²) < 4.78 is 10.5. The zero-order chi connectivity index (χ0) is 22.9. The summed E-state index contributed by atoms with van der Waals surface area (Å²) in [4.78, 5) is 14.7. The van der Waals surface area contributed by atoms with Crippen LogP contribution in [0, 0.1) is 11.3 Å². The fraction of sp³-hybridized carbons (Fsp3) is 0.0833. The maximum Gasteiger partial charge on any atom is 0.267 e. The van der Waals surface area contributed by atoms with E-state index in [0.717, 1.165) is 9.79 Å². The largest absolute Gasteiger partial charge is 0.495 e. The van der Waals surface area contributed by atoms with Crippen LogP contribution >= 0.6 is 23.4 Å². The first-order chi connectivity index (χ1) is 15.5. The molecular weight excluding hydrogens is 446 g/mol. The van der Waals surface area contributed by atoms with E-state index in [-0.39, 0.29) is 5.57 Å². The molecule has 162 valence electrons. The van der Waals surface area contributed by atoms with Crippen molar-refractivity contribution in [1.82, 2.24) is 0 Å². The summed E-state index contributed by atoms with van der Waals surface area (Å²) in [5.74, 6) is 0.327. The number of amides is 1. The molecule has 0 unspecified atom stereocenters. The van der Waals surface area contributed by atoms with Gasteiger partial charge in [0.25, 0.3) is 5.91 Å². The third kappa shape index (κ3) is 5.76. The Morgan fingerprint density at radius 2 is 1.69 bits per heavy atom. The predicted molar refractivity (Wildman–Crippen MR) is 128 cm³/mol. The Morgan fingerprint density at radius 1 is 1.00 bits per heavy atom. The summed E-state index contributed by atoms with van der Waals surface area (Å²) in [6.07, 6.45) is 1.31. The van der Waals surface area contributed by atoms with Crippen molar-refractivity contribution in [2.75, 3.05) is 24.9 Å². The van der Waals surface area contributed by atoms with Gasteiger partial charge in [-0.25, -0.2) is 0 Å². The van der Waals surface area contributed by atoms with Crippen molar-refractivity contribution >= 4 is 40.6 Å². The molecule has 0 aliphatic heterocycles. The molecule has 1 amide bonds. The number of nitrogens with zero attached hydrogens (tertiary/aromatic N) is 1. The number of rotatable bonds is 8. The van der Waals surface area contributed by atoms with Crippen LogP contribution in [0.15, 0.2) is 88.3 Å². The number of carbonyl (C=O) groups excluding carboxylic acids is 1. The van der Waals surface area contributed by atoms with Crippen molar-refractivity contribution in [3.05, 3.63) is 83.5 Å². The molecular formula is C24H20ClN3O3S. The fourth-order valence-corrected chi connectivity index (χ4v) is 3.89. The molecule has 0 aliphatic carbocycles. The molecule has 6 nitrogen and oxygen atoms in total. The van der Waals surface area contributed by atoms with E-state index >= 15 is 0 Å². The van der Waals surface area contributed by atoms with Gasteiger partial charge >= 0.3 is 0 Å². The number of methoxy groups -OCH3 is 2. The van der Waals surface area contributed by atoms with Gasteiger partial charge in [0.05, 0.1) is 30.6 Å². The minimum atomic E-state index is -0.541. The molecule has 3 rings (SSSR count).